The highest BCUT2D eigenvalue weighted by Crippen LogP contribution is 2.26. The first kappa shape index (κ1) is 10.6. The Hall–Kier alpha value is -1.88. The molecule has 0 aliphatic carbocycles. The quantitative estimate of drug-likeness (QED) is 0.580. The zero-order valence-corrected chi connectivity index (χ0v) is 9.54. The molecule has 4 N–H and O–H groups in total. The number of thiophene rings is 1. The van der Waals surface area contributed by atoms with E-state index in [0.717, 1.165) is 10.1 Å². The number of fused-ring (bicyclic) bond motifs is 1. The number of benzene rings is 1. The van der Waals surface area contributed by atoms with Crippen LogP contribution in [-0.4, -0.2) is 11.9 Å². The Bertz CT molecular complexity index is 582. The Kier molecular flexibility index (Phi) is 2.62. The average molecular weight is 233 g/mol. The molecule has 0 bridgehead atoms. The van der Waals surface area contributed by atoms with E-state index in [1.165, 1.54) is 5.56 Å². The number of rotatable bonds is 1. The summed E-state index contributed by atoms with van der Waals surface area (Å²) in [5, 5.41) is 3.21. The van der Waals surface area contributed by atoms with Crippen LogP contribution < -0.4 is 11.5 Å². The molecule has 0 atom stereocenters. The number of aryl methyl sites for hydroxylation is 1. The summed E-state index contributed by atoms with van der Waals surface area (Å²) in [6, 6.07) is 5.45. The maximum Gasteiger partial charge on any atom is 0.280 e. The van der Waals surface area contributed by atoms with Gasteiger partial charge in [-0.1, -0.05) is 6.07 Å². The normalized spacial score (nSPS) is 10.3. The monoisotopic (exact) mass is 233 g/mol. The van der Waals surface area contributed by atoms with Crippen molar-refractivity contribution in [3.63, 3.8) is 0 Å². The Morgan fingerprint density at radius 1 is 1.38 bits per heavy atom. The number of carbonyl (C=O) groups is 1. The van der Waals surface area contributed by atoms with Gasteiger partial charge in [0.2, 0.25) is 0 Å². The van der Waals surface area contributed by atoms with Gasteiger partial charge in [-0.25, -0.2) is 0 Å². The van der Waals surface area contributed by atoms with Crippen molar-refractivity contribution in [2.24, 2.45) is 16.5 Å². The standard InChI is InChI=1S/C11H11N3OS/c1-6-5-16-9-4-7(2-3-8(6)9)10(15)14-11(12)13/h2-5H,1H3,(H4,12,13,14,15). The molecule has 0 radical (unpaired) electrons. The number of amides is 1. The van der Waals surface area contributed by atoms with Crippen LogP contribution in [-0.2, 0) is 0 Å². The lowest BCUT2D eigenvalue weighted by Gasteiger charge is -1.97. The topological polar surface area (TPSA) is 81.5 Å². The number of hydrogen-bond donors (Lipinski definition) is 2. The van der Waals surface area contributed by atoms with Gasteiger partial charge < -0.3 is 11.5 Å². The van der Waals surface area contributed by atoms with Gasteiger partial charge in [0.15, 0.2) is 5.96 Å². The molecule has 1 amide bonds. The summed E-state index contributed by atoms with van der Waals surface area (Å²) in [6.45, 7) is 2.04. The molecule has 5 heteroatoms. The maximum absolute atomic E-state index is 11.6. The molecule has 0 unspecified atom stereocenters. The van der Waals surface area contributed by atoms with E-state index >= 15 is 0 Å². The Morgan fingerprint density at radius 3 is 2.81 bits per heavy atom. The molecule has 2 rings (SSSR count). The van der Waals surface area contributed by atoms with E-state index in [2.05, 4.69) is 10.4 Å². The highest BCUT2D eigenvalue weighted by Gasteiger charge is 2.07. The molecule has 0 aliphatic rings. The van der Waals surface area contributed by atoms with Gasteiger partial charge in [-0.15, -0.1) is 11.3 Å². The van der Waals surface area contributed by atoms with Crippen LogP contribution in [0.15, 0.2) is 28.6 Å². The van der Waals surface area contributed by atoms with Gasteiger partial charge in [-0.3, -0.25) is 4.79 Å². The molecular formula is C11H11N3OS. The molecule has 0 spiro atoms. The lowest BCUT2D eigenvalue weighted by Crippen LogP contribution is -2.24. The fraction of sp³-hybridized carbons (Fsp3) is 0.0909. The van der Waals surface area contributed by atoms with Crippen molar-refractivity contribution in [3.8, 4) is 0 Å². The van der Waals surface area contributed by atoms with E-state index in [9.17, 15) is 4.79 Å². The molecular weight excluding hydrogens is 222 g/mol. The third-order valence-electron chi connectivity index (χ3n) is 2.25. The van der Waals surface area contributed by atoms with Gasteiger partial charge in [-0.05, 0) is 35.4 Å². The van der Waals surface area contributed by atoms with Crippen LogP contribution in [0, 0.1) is 6.92 Å². The summed E-state index contributed by atoms with van der Waals surface area (Å²) in [7, 11) is 0. The molecule has 4 nitrogen and oxygen atoms in total. The van der Waals surface area contributed by atoms with Crippen molar-refractivity contribution in [1.82, 2.24) is 0 Å². The van der Waals surface area contributed by atoms with E-state index in [-0.39, 0.29) is 5.96 Å². The molecule has 0 saturated heterocycles. The van der Waals surface area contributed by atoms with Crippen LogP contribution in [0.4, 0.5) is 0 Å². The maximum atomic E-state index is 11.6. The summed E-state index contributed by atoms with van der Waals surface area (Å²) in [5.41, 5.74) is 12.0. The molecule has 1 aromatic carbocycles. The highest BCUT2D eigenvalue weighted by atomic mass is 32.1. The fourth-order valence-corrected chi connectivity index (χ4v) is 2.46. The number of nitrogens with zero attached hydrogens (tertiary/aromatic N) is 1. The molecule has 2 aromatic rings. The summed E-state index contributed by atoms with van der Waals surface area (Å²) in [6.07, 6.45) is 0. The van der Waals surface area contributed by atoms with Gasteiger partial charge in [0.1, 0.15) is 0 Å². The van der Waals surface area contributed by atoms with E-state index < -0.39 is 5.91 Å². The molecule has 1 heterocycles. The second-order valence-corrected chi connectivity index (χ2v) is 4.38. The lowest BCUT2D eigenvalue weighted by atomic mass is 10.1. The van der Waals surface area contributed by atoms with Crippen LogP contribution in [0.25, 0.3) is 10.1 Å². The number of aliphatic imine (C=N–C) groups is 1. The van der Waals surface area contributed by atoms with E-state index in [1.807, 2.05) is 19.1 Å². The summed E-state index contributed by atoms with van der Waals surface area (Å²) in [5.74, 6) is -0.625. The molecule has 82 valence electrons. The van der Waals surface area contributed by atoms with Crippen molar-refractivity contribution >= 4 is 33.3 Å². The zero-order chi connectivity index (χ0) is 11.7. The molecule has 0 fully saturated rings. The first-order valence-corrected chi connectivity index (χ1v) is 5.57. The van der Waals surface area contributed by atoms with Crippen molar-refractivity contribution in [1.29, 1.82) is 0 Å². The zero-order valence-electron chi connectivity index (χ0n) is 8.73. The summed E-state index contributed by atoms with van der Waals surface area (Å²) in [4.78, 5) is 15.1. The average Bonchev–Trinajstić information content (AvgIpc) is 2.59. The number of carbonyl (C=O) groups excluding carboxylic acids is 1. The van der Waals surface area contributed by atoms with Gasteiger partial charge in [0, 0.05) is 10.3 Å². The minimum absolute atomic E-state index is 0.215. The number of hydrogen-bond acceptors (Lipinski definition) is 2. The smallest absolute Gasteiger partial charge is 0.280 e. The minimum atomic E-state index is -0.409. The number of nitrogens with two attached hydrogens (primary N) is 2. The minimum Gasteiger partial charge on any atom is -0.370 e. The van der Waals surface area contributed by atoms with Crippen molar-refractivity contribution in [2.45, 2.75) is 6.92 Å². The Morgan fingerprint density at radius 2 is 2.12 bits per heavy atom. The molecule has 0 saturated carbocycles. The van der Waals surface area contributed by atoms with E-state index in [1.54, 1.807) is 17.4 Å². The first-order chi connectivity index (χ1) is 7.58. The van der Waals surface area contributed by atoms with Gasteiger partial charge in [0.05, 0.1) is 0 Å². The van der Waals surface area contributed by atoms with E-state index in [4.69, 9.17) is 11.5 Å². The van der Waals surface area contributed by atoms with Crippen LogP contribution >= 0.6 is 11.3 Å². The highest BCUT2D eigenvalue weighted by molar-refractivity contribution is 7.17. The van der Waals surface area contributed by atoms with Crippen molar-refractivity contribution in [2.75, 3.05) is 0 Å². The van der Waals surface area contributed by atoms with Gasteiger partial charge in [0.25, 0.3) is 5.91 Å². The van der Waals surface area contributed by atoms with Crippen molar-refractivity contribution in [3.05, 3.63) is 34.7 Å². The van der Waals surface area contributed by atoms with Crippen LogP contribution in [0.1, 0.15) is 15.9 Å². The largest absolute Gasteiger partial charge is 0.370 e. The second kappa shape index (κ2) is 3.94. The second-order valence-electron chi connectivity index (χ2n) is 3.47. The number of guanidine groups is 1. The fourth-order valence-electron chi connectivity index (χ4n) is 1.48. The van der Waals surface area contributed by atoms with Crippen LogP contribution in [0.2, 0.25) is 0 Å². The summed E-state index contributed by atoms with van der Waals surface area (Å²) >= 11 is 1.60. The third-order valence-corrected chi connectivity index (χ3v) is 3.31. The van der Waals surface area contributed by atoms with Crippen molar-refractivity contribution < 1.29 is 4.79 Å². The van der Waals surface area contributed by atoms with Gasteiger partial charge in [-0.2, -0.15) is 4.99 Å². The Labute approximate surface area is 96.6 Å². The van der Waals surface area contributed by atoms with Gasteiger partial charge >= 0.3 is 0 Å². The predicted octanol–water partition coefficient (Wildman–Crippen LogP) is 1.62. The van der Waals surface area contributed by atoms with Crippen LogP contribution in [0.3, 0.4) is 0 Å². The Balaban J connectivity index is 2.47. The third kappa shape index (κ3) is 1.90. The molecule has 0 aliphatic heterocycles. The first-order valence-electron chi connectivity index (χ1n) is 4.70. The lowest BCUT2D eigenvalue weighted by molar-refractivity contribution is 0.100. The van der Waals surface area contributed by atoms with E-state index in [0.29, 0.717) is 5.56 Å². The SMILES string of the molecule is Cc1csc2cc(C(=O)N=C(N)N)ccc12. The molecule has 1 aromatic heterocycles. The predicted molar refractivity (Wildman–Crippen MR) is 66.7 cm³/mol. The summed E-state index contributed by atoms with van der Waals surface area (Å²) < 4.78 is 1.06. The van der Waals surface area contributed by atoms with Crippen LogP contribution in [0.5, 0.6) is 0 Å². The molecule has 16 heavy (non-hydrogen) atoms.